The van der Waals surface area contributed by atoms with Crippen LogP contribution in [-0.2, 0) is 16.3 Å². The van der Waals surface area contributed by atoms with Crippen LogP contribution in [0, 0.1) is 37.5 Å². The predicted molar refractivity (Wildman–Crippen MR) is 171 cm³/mol. The zero-order valence-electron chi connectivity index (χ0n) is 24.3. The van der Waals surface area contributed by atoms with Gasteiger partial charge < -0.3 is 5.73 Å². The van der Waals surface area contributed by atoms with Gasteiger partial charge in [-0.2, -0.15) is 17.0 Å². The number of carbonyl (C=O) groups is 1. The lowest BCUT2D eigenvalue weighted by atomic mass is 9.68. The Hall–Kier alpha value is -3.46. The highest BCUT2D eigenvalue weighted by Crippen LogP contribution is 2.51. The van der Waals surface area contributed by atoms with Gasteiger partial charge in [-0.15, -0.1) is 0 Å². The molecule has 0 spiro atoms. The summed E-state index contributed by atoms with van der Waals surface area (Å²) in [6.07, 6.45) is 1.09. The highest BCUT2D eigenvalue weighted by molar-refractivity contribution is 7.97. The predicted octanol–water partition coefficient (Wildman–Crippen LogP) is 8.64. The monoisotopic (exact) mass is 581 g/mol. The summed E-state index contributed by atoms with van der Waals surface area (Å²) in [6.45, 7) is 10.4. The third-order valence-electron chi connectivity index (χ3n) is 8.27. The molecule has 6 heteroatoms. The molecule has 0 saturated carbocycles. The first kappa shape index (κ1) is 29.0. The fraction of sp³-hybridized carbons (Fsp3) is 0.314. The van der Waals surface area contributed by atoms with Crippen LogP contribution < -0.4 is 10.6 Å². The molecule has 41 heavy (non-hydrogen) atoms. The molecule has 4 nitrogen and oxygen atoms in total. The van der Waals surface area contributed by atoms with E-state index < -0.39 is 5.92 Å². The number of nitrogens with zero attached hydrogens (tertiary/aromatic N) is 2. The number of nitriles is 1. The normalized spacial score (nSPS) is 18.4. The molecule has 2 aliphatic rings. The summed E-state index contributed by atoms with van der Waals surface area (Å²) in [4.78, 5) is 16.0. The van der Waals surface area contributed by atoms with E-state index >= 15 is 0 Å². The van der Waals surface area contributed by atoms with Crippen LogP contribution in [0.1, 0.15) is 66.0 Å². The van der Waals surface area contributed by atoms with Crippen molar-refractivity contribution in [3.63, 3.8) is 0 Å². The zero-order valence-corrected chi connectivity index (χ0v) is 25.9. The van der Waals surface area contributed by atoms with Gasteiger partial charge in [-0.25, -0.2) is 0 Å². The van der Waals surface area contributed by atoms with Gasteiger partial charge in [0.1, 0.15) is 5.82 Å². The van der Waals surface area contributed by atoms with Gasteiger partial charge >= 0.3 is 0 Å². The van der Waals surface area contributed by atoms with Crippen LogP contribution in [-0.4, -0.2) is 5.78 Å². The van der Waals surface area contributed by atoms with Crippen molar-refractivity contribution in [3.8, 4) is 6.07 Å². The van der Waals surface area contributed by atoms with Crippen molar-refractivity contribution in [1.29, 1.82) is 5.26 Å². The zero-order chi connectivity index (χ0) is 29.5. The molecule has 1 atom stereocenters. The molecule has 1 unspecified atom stereocenters. The number of allylic oxidation sites excluding steroid dienone is 3. The standard InChI is InChI=1S/C35H36ClN3OS/c1-21-14-22(2)26(15-25(21)20-41-19-24-10-7-6-8-11-24)32-27(18-37)34(38)39(29-13-9-12-28(36)23(29)3)30-16-35(4,5)17-31(40)33(30)32/h6-15,32H,16-17,19-20,38H2,1-5H3. The Morgan fingerprint density at radius 2 is 1.76 bits per heavy atom. The lowest BCUT2D eigenvalue weighted by molar-refractivity contribution is -0.118. The first-order chi connectivity index (χ1) is 19.5. The molecule has 3 aromatic carbocycles. The van der Waals surface area contributed by atoms with Gasteiger partial charge in [0, 0.05) is 34.2 Å². The molecule has 0 amide bonds. The van der Waals surface area contributed by atoms with Gasteiger partial charge in [0.25, 0.3) is 0 Å². The van der Waals surface area contributed by atoms with E-state index in [9.17, 15) is 10.1 Å². The molecule has 3 aromatic rings. The summed E-state index contributed by atoms with van der Waals surface area (Å²) in [5, 5.41) is 11.2. The number of benzene rings is 3. The van der Waals surface area contributed by atoms with E-state index in [1.165, 1.54) is 16.7 Å². The number of ketones is 1. The van der Waals surface area contributed by atoms with Crippen molar-refractivity contribution in [3.05, 3.63) is 122 Å². The minimum absolute atomic E-state index is 0.0751. The number of carbonyl (C=O) groups excluding carboxylic acids is 1. The second-order valence-corrected chi connectivity index (χ2v) is 13.4. The number of nitrogens with two attached hydrogens (primary N) is 1. The SMILES string of the molecule is Cc1cc(C)c(C2C(C#N)=C(N)N(c3cccc(Cl)c3C)C3=C2C(=O)CC(C)(C)C3)cc1CSCc1ccccc1. The third kappa shape index (κ3) is 5.56. The number of Topliss-reactive ketones (excluding diaryl/α,β-unsaturated/α-hetero) is 1. The smallest absolute Gasteiger partial charge is 0.162 e. The Labute approximate surface area is 252 Å². The summed E-state index contributed by atoms with van der Waals surface area (Å²) < 4.78 is 0. The molecule has 210 valence electrons. The number of thioether (sulfide) groups is 1. The van der Waals surface area contributed by atoms with Crippen LogP contribution >= 0.6 is 23.4 Å². The maximum absolute atomic E-state index is 14.0. The van der Waals surface area contributed by atoms with E-state index in [2.05, 4.69) is 70.2 Å². The van der Waals surface area contributed by atoms with Crippen LogP contribution in [0.3, 0.4) is 0 Å². The fourth-order valence-electron chi connectivity index (χ4n) is 6.17. The van der Waals surface area contributed by atoms with Crippen LogP contribution in [0.2, 0.25) is 5.02 Å². The lowest BCUT2D eigenvalue weighted by Crippen LogP contribution is -2.42. The molecule has 0 fully saturated rings. The van der Waals surface area contributed by atoms with Crippen molar-refractivity contribution in [2.24, 2.45) is 11.1 Å². The first-order valence-corrected chi connectivity index (χ1v) is 15.5. The van der Waals surface area contributed by atoms with E-state index in [1.807, 2.05) is 47.9 Å². The van der Waals surface area contributed by atoms with Crippen LogP contribution in [0.15, 0.2) is 83.3 Å². The van der Waals surface area contributed by atoms with Crippen molar-refractivity contribution in [1.82, 2.24) is 0 Å². The van der Waals surface area contributed by atoms with E-state index in [0.29, 0.717) is 34.8 Å². The van der Waals surface area contributed by atoms with Crippen molar-refractivity contribution >= 4 is 34.8 Å². The Balaban J connectivity index is 1.64. The lowest BCUT2D eigenvalue weighted by Gasteiger charge is -2.44. The maximum atomic E-state index is 14.0. The van der Waals surface area contributed by atoms with E-state index in [1.54, 1.807) is 0 Å². The van der Waals surface area contributed by atoms with Crippen LogP contribution in [0.5, 0.6) is 0 Å². The molecule has 0 radical (unpaired) electrons. The molecule has 1 aliphatic heterocycles. The number of aryl methyl sites for hydroxylation is 2. The molecule has 0 aromatic heterocycles. The molecular weight excluding hydrogens is 546 g/mol. The Morgan fingerprint density at radius 1 is 1.02 bits per heavy atom. The molecule has 1 aliphatic carbocycles. The number of hydrogen-bond acceptors (Lipinski definition) is 5. The minimum Gasteiger partial charge on any atom is -0.384 e. The first-order valence-electron chi connectivity index (χ1n) is 14.0. The van der Waals surface area contributed by atoms with Gasteiger partial charge in [-0.1, -0.05) is 74.0 Å². The highest BCUT2D eigenvalue weighted by atomic mass is 35.5. The Kier molecular flexibility index (Phi) is 8.10. The van der Waals surface area contributed by atoms with E-state index in [4.69, 9.17) is 17.3 Å². The van der Waals surface area contributed by atoms with Crippen LogP contribution in [0.4, 0.5) is 5.69 Å². The maximum Gasteiger partial charge on any atom is 0.162 e. The summed E-state index contributed by atoms with van der Waals surface area (Å²) in [5.41, 5.74) is 16.0. The summed E-state index contributed by atoms with van der Waals surface area (Å²) in [7, 11) is 0. The van der Waals surface area contributed by atoms with E-state index in [0.717, 1.165) is 39.6 Å². The van der Waals surface area contributed by atoms with Crippen molar-refractivity contribution in [2.75, 3.05) is 4.90 Å². The number of hydrogen-bond donors (Lipinski definition) is 1. The molecule has 2 N–H and O–H groups in total. The average molecular weight is 582 g/mol. The number of anilines is 1. The average Bonchev–Trinajstić information content (AvgIpc) is 2.91. The van der Waals surface area contributed by atoms with Gasteiger partial charge in [0.2, 0.25) is 0 Å². The van der Waals surface area contributed by atoms with Crippen LogP contribution in [0.25, 0.3) is 0 Å². The molecular formula is C35H36ClN3OS. The van der Waals surface area contributed by atoms with Gasteiger partial charge in [-0.3, -0.25) is 9.69 Å². The Bertz CT molecular complexity index is 1630. The second kappa shape index (κ2) is 11.4. The minimum atomic E-state index is -0.507. The number of halogens is 1. The molecule has 0 bridgehead atoms. The molecule has 0 saturated heterocycles. The largest absolute Gasteiger partial charge is 0.384 e. The molecule has 1 heterocycles. The summed E-state index contributed by atoms with van der Waals surface area (Å²) in [5.74, 6) is 1.69. The van der Waals surface area contributed by atoms with Gasteiger partial charge in [0.15, 0.2) is 5.78 Å². The Morgan fingerprint density at radius 3 is 2.46 bits per heavy atom. The molecule has 5 rings (SSSR count). The van der Waals surface area contributed by atoms with E-state index in [-0.39, 0.29) is 11.2 Å². The summed E-state index contributed by atoms with van der Waals surface area (Å²) in [6, 6.07) is 23.0. The quantitative estimate of drug-likeness (QED) is 0.315. The third-order valence-corrected chi connectivity index (χ3v) is 9.73. The van der Waals surface area contributed by atoms with Crippen molar-refractivity contribution < 1.29 is 4.79 Å². The van der Waals surface area contributed by atoms with Gasteiger partial charge in [-0.05, 0) is 78.1 Å². The highest BCUT2D eigenvalue weighted by Gasteiger charge is 2.45. The van der Waals surface area contributed by atoms with Gasteiger partial charge in [0.05, 0.1) is 23.2 Å². The summed E-state index contributed by atoms with van der Waals surface area (Å²) >= 11 is 8.40. The van der Waals surface area contributed by atoms with Crippen molar-refractivity contribution in [2.45, 2.75) is 64.9 Å². The number of rotatable bonds is 6. The second-order valence-electron chi connectivity index (χ2n) is 12.0. The topological polar surface area (TPSA) is 70.1 Å². The fourth-order valence-corrected chi connectivity index (χ4v) is 7.40.